The number of hydrogen-bond donors (Lipinski definition) is 0. The minimum absolute atomic E-state index is 0. The summed E-state index contributed by atoms with van der Waals surface area (Å²) in [6.07, 6.45) is -5.28. The molecular weight excluding hydrogens is 239 g/mol. The zero-order valence-corrected chi connectivity index (χ0v) is 8.36. The van der Waals surface area contributed by atoms with Gasteiger partial charge in [-0.2, -0.15) is 17.6 Å². The van der Waals surface area contributed by atoms with Gasteiger partial charge in [0.15, 0.2) is 10.1 Å². The SMILES string of the molecule is C=CCOC(F)(C(F)(F)F)S(=O)(=O)[O-].[Li+]. The summed E-state index contributed by atoms with van der Waals surface area (Å²) in [5, 5.41) is -5.23. The van der Waals surface area contributed by atoms with E-state index in [4.69, 9.17) is 0 Å². The maximum atomic E-state index is 12.7. The molecule has 84 valence electrons. The van der Waals surface area contributed by atoms with Crippen LogP contribution in [-0.4, -0.2) is 30.9 Å². The summed E-state index contributed by atoms with van der Waals surface area (Å²) in [4.78, 5) is 0. The molecule has 15 heavy (non-hydrogen) atoms. The average molecular weight is 244 g/mol. The first kappa shape index (κ1) is 17.3. The second-order valence-electron chi connectivity index (χ2n) is 2.09. The molecule has 0 radical (unpaired) electrons. The molecule has 0 heterocycles. The smallest absolute Gasteiger partial charge is 0.743 e. The summed E-state index contributed by atoms with van der Waals surface area (Å²) in [5.74, 6) is 0. The van der Waals surface area contributed by atoms with Crippen molar-refractivity contribution in [1.29, 1.82) is 0 Å². The number of alkyl halides is 4. The molecule has 0 aliphatic carbocycles. The van der Waals surface area contributed by atoms with E-state index in [-0.39, 0.29) is 18.9 Å². The van der Waals surface area contributed by atoms with Gasteiger partial charge in [-0.15, -0.1) is 6.58 Å². The average Bonchev–Trinajstić information content (AvgIpc) is 1.95. The Kier molecular flexibility index (Phi) is 6.14. The van der Waals surface area contributed by atoms with Gasteiger partial charge in [0, 0.05) is 0 Å². The van der Waals surface area contributed by atoms with Crippen LogP contribution in [0.1, 0.15) is 0 Å². The molecular formula is C5H5F4LiO4S. The Balaban J connectivity index is 0. The third-order valence-electron chi connectivity index (χ3n) is 1.05. The largest absolute Gasteiger partial charge is 1.00 e. The van der Waals surface area contributed by atoms with Crippen LogP contribution < -0.4 is 18.9 Å². The van der Waals surface area contributed by atoms with E-state index in [1.54, 1.807) is 0 Å². The van der Waals surface area contributed by atoms with Crippen LogP contribution in [0.3, 0.4) is 0 Å². The van der Waals surface area contributed by atoms with E-state index in [1.807, 2.05) is 0 Å². The summed E-state index contributed by atoms with van der Waals surface area (Å²) in [5.41, 5.74) is 0. The van der Waals surface area contributed by atoms with Crippen LogP contribution in [0.2, 0.25) is 0 Å². The zero-order valence-electron chi connectivity index (χ0n) is 7.54. The topological polar surface area (TPSA) is 66.4 Å². The van der Waals surface area contributed by atoms with Gasteiger partial charge in [-0.05, 0) is 0 Å². The predicted octanol–water partition coefficient (Wildman–Crippen LogP) is -2.08. The number of halogens is 4. The molecule has 0 aromatic rings. The monoisotopic (exact) mass is 244 g/mol. The van der Waals surface area contributed by atoms with Crippen molar-refractivity contribution in [3.8, 4) is 0 Å². The summed E-state index contributed by atoms with van der Waals surface area (Å²) in [6, 6.07) is 0. The first-order chi connectivity index (χ1) is 6.06. The number of rotatable bonds is 4. The van der Waals surface area contributed by atoms with Crippen molar-refractivity contribution in [2.24, 2.45) is 0 Å². The molecule has 1 unspecified atom stereocenters. The van der Waals surface area contributed by atoms with Gasteiger partial charge < -0.3 is 9.29 Å². The van der Waals surface area contributed by atoms with E-state index >= 15 is 0 Å². The molecule has 0 saturated carbocycles. The van der Waals surface area contributed by atoms with Gasteiger partial charge in [-0.1, -0.05) is 6.08 Å². The molecule has 0 spiro atoms. The zero-order chi connectivity index (χ0) is 11.6. The second kappa shape index (κ2) is 5.31. The Labute approximate surface area is 95.2 Å². The molecule has 0 aliphatic rings. The summed E-state index contributed by atoms with van der Waals surface area (Å²) >= 11 is 0. The Hall–Kier alpha value is -0.0726. The third-order valence-corrected chi connectivity index (χ3v) is 2.04. The molecule has 1 atom stereocenters. The second-order valence-corrected chi connectivity index (χ2v) is 3.52. The van der Waals surface area contributed by atoms with E-state index in [0.717, 1.165) is 0 Å². The Morgan fingerprint density at radius 3 is 1.93 bits per heavy atom. The summed E-state index contributed by atoms with van der Waals surface area (Å²) in [7, 11) is -6.31. The van der Waals surface area contributed by atoms with Crippen molar-refractivity contribution in [2.45, 2.75) is 11.4 Å². The van der Waals surface area contributed by atoms with E-state index < -0.39 is 28.1 Å². The molecule has 0 rings (SSSR count). The van der Waals surface area contributed by atoms with Gasteiger partial charge in [0.05, 0.1) is 6.61 Å². The fraction of sp³-hybridized carbons (Fsp3) is 0.600. The Bertz CT molecular complexity index is 313. The van der Waals surface area contributed by atoms with Gasteiger partial charge in [0.2, 0.25) is 0 Å². The van der Waals surface area contributed by atoms with Crippen LogP contribution in [0.25, 0.3) is 0 Å². The molecule has 4 nitrogen and oxygen atoms in total. The summed E-state index contributed by atoms with van der Waals surface area (Å²) < 4.78 is 81.4. The van der Waals surface area contributed by atoms with Crippen LogP contribution in [0.5, 0.6) is 0 Å². The van der Waals surface area contributed by atoms with Crippen molar-refractivity contribution in [3.05, 3.63) is 12.7 Å². The van der Waals surface area contributed by atoms with Gasteiger partial charge in [0.1, 0.15) is 0 Å². The van der Waals surface area contributed by atoms with Crippen LogP contribution in [0.15, 0.2) is 12.7 Å². The molecule has 0 aliphatic heterocycles. The minimum Gasteiger partial charge on any atom is -0.743 e. The molecule has 10 heteroatoms. The molecule has 0 N–H and O–H groups in total. The quantitative estimate of drug-likeness (QED) is 0.246. The maximum absolute atomic E-state index is 12.7. The van der Waals surface area contributed by atoms with Crippen LogP contribution in [-0.2, 0) is 14.9 Å². The Morgan fingerprint density at radius 2 is 1.73 bits per heavy atom. The van der Waals surface area contributed by atoms with Crippen molar-refractivity contribution < 1.29 is 54.1 Å². The molecule has 0 aromatic heterocycles. The minimum atomic E-state index is -6.31. The van der Waals surface area contributed by atoms with Gasteiger partial charge in [-0.25, -0.2) is 8.42 Å². The van der Waals surface area contributed by atoms with Crippen molar-refractivity contribution in [3.63, 3.8) is 0 Å². The first-order valence-corrected chi connectivity index (χ1v) is 4.43. The van der Waals surface area contributed by atoms with Crippen molar-refractivity contribution in [1.82, 2.24) is 0 Å². The molecule has 0 saturated heterocycles. The first-order valence-electron chi connectivity index (χ1n) is 3.02. The third kappa shape index (κ3) is 3.77. The van der Waals surface area contributed by atoms with E-state index in [1.165, 1.54) is 0 Å². The van der Waals surface area contributed by atoms with Crippen molar-refractivity contribution >= 4 is 10.1 Å². The van der Waals surface area contributed by atoms with Crippen LogP contribution in [0.4, 0.5) is 17.6 Å². The number of ether oxygens (including phenoxy) is 1. The van der Waals surface area contributed by atoms with Gasteiger partial charge in [-0.3, -0.25) is 0 Å². The molecule has 0 bridgehead atoms. The van der Waals surface area contributed by atoms with E-state index in [9.17, 15) is 30.5 Å². The summed E-state index contributed by atoms with van der Waals surface area (Å²) in [6.45, 7) is 1.81. The predicted molar refractivity (Wildman–Crippen MR) is 35.7 cm³/mol. The molecule has 0 aromatic carbocycles. The van der Waals surface area contributed by atoms with Crippen molar-refractivity contribution in [2.75, 3.05) is 6.61 Å². The van der Waals surface area contributed by atoms with Crippen LogP contribution >= 0.6 is 0 Å². The fourth-order valence-corrected chi connectivity index (χ4v) is 0.958. The molecule has 0 amide bonds. The standard InChI is InChI=1S/C5H6F4O4S.Li/c1-2-3-13-5(9,4(6,7)8)14(10,11)12;/h2H,1,3H2,(H,10,11,12);/q;+1/p-1. The number of hydrogen-bond acceptors (Lipinski definition) is 4. The van der Waals surface area contributed by atoms with E-state index in [2.05, 4.69) is 11.3 Å². The van der Waals surface area contributed by atoms with E-state index in [0.29, 0.717) is 6.08 Å². The normalized spacial score (nSPS) is 16.3. The van der Waals surface area contributed by atoms with Gasteiger partial charge in [0.25, 0.3) is 0 Å². The maximum Gasteiger partial charge on any atom is 1.00 e. The van der Waals surface area contributed by atoms with Crippen LogP contribution in [0, 0.1) is 0 Å². The fourth-order valence-electron chi connectivity index (χ4n) is 0.462. The Morgan fingerprint density at radius 1 is 1.33 bits per heavy atom. The van der Waals surface area contributed by atoms with Gasteiger partial charge >= 0.3 is 30.2 Å². The molecule has 0 fully saturated rings.